The van der Waals surface area contributed by atoms with Crippen LogP contribution in [-0.2, 0) is 4.79 Å². The Bertz CT molecular complexity index is 1240. The highest BCUT2D eigenvalue weighted by atomic mass is 32.2. The van der Waals surface area contributed by atoms with Crippen LogP contribution in [0.1, 0.15) is 31.1 Å². The van der Waals surface area contributed by atoms with E-state index in [1.165, 1.54) is 11.8 Å². The predicted octanol–water partition coefficient (Wildman–Crippen LogP) is 4.07. The summed E-state index contributed by atoms with van der Waals surface area (Å²) >= 11 is 1.26. The Morgan fingerprint density at radius 2 is 1.56 bits per heavy atom. The summed E-state index contributed by atoms with van der Waals surface area (Å²) in [5.41, 5.74) is 0.201. The summed E-state index contributed by atoms with van der Waals surface area (Å²) < 4.78 is 5.08. The first kappa shape index (κ1) is 24.3. The molecule has 0 saturated heterocycles. The number of hydrogen-bond acceptors (Lipinski definition) is 6. The summed E-state index contributed by atoms with van der Waals surface area (Å²) in [5, 5.41) is 23.8. The first-order valence-electron chi connectivity index (χ1n) is 9.85. The van der Waals surface area contributed by atoms with Gasteiger partial charge in [-0.3, -0.25) is 9.59 Å². The summed E-state index contributed by atoms with van der Waals surface area (Å²) in [6, 6.07) is 16.9. The molecule has 0 spiro atoms. The Kier molecular flexibility index (Phi) is 7.88. The summed E-state index contributed by atoms with van der Waals surface area (Å²) in [6.45, 7) is 0. The van der Waals surface area contributed by atoms with Crippen molar-refractivity contribution in [1.82, 2.24) is 0 Å². The second-order valence-corrected chi connectivity index (χ2v) is 7.97. The average molecular weight is 480 g/mol. The maximum atomic E-state index is 12.6. The van der Waals surface area contributed by atoms with E-state index >= 15 is 0 Å². The molecule has 174 valence electrons. The third kappa shape index (κ3) is 6.36. The summed E-state index contributed by atoms with van der Waals surface area (Å²) in [6.07, 6.45) is 0. The monoisotopic (exact) mass is 480 g/mol. The number of methoxy groups -OCH3 is 1. The van der Waals surface area contributed by atoms with Gasteiger partial charge in [0, 0.05) is 16.3 Å². The lowest BCUT2D eigenvalue weighted by Gasteiger charge is -2.10. The smallest absolute Gasteiger partial charge is 0.336 e. The predicted molar refractivity (Wildman–Crippen MR) is 127 cm³/mol. The third-order valence-corrected chi connectivity index (χ3v) is 5.57. The molecule has 0 radical (unpaired) electrons. The standard InChI is InChI=1S/C24H20N2O7S/c1-33-17-8-6-15(7-9-17)25-21(27)13-34-18-4-2-3-16(12-18)26-22(28)19-10-5-14(23(29)30)11-20(19)24(31)32/h2-12H,13H2,1H3,(H,25,27)(H,26,28)(H,29,30)(H,31,32). The van der Waals surface area contributed by atoms with Crippen LogP contribution >= 0.6 is 11.8 Å². The largest absolute Gasteiger partial charge is 0.497 e. The molecule has 0 unspecified atom stereocenters. The van der Waals surface area contributed by atoms with Crippen LogP contribution in [0.25, 0.3) is 0 Å². The molecular formula is C24H20N2O7S. The Morgan fingerprint density at radius 3 is 2.21 bits per heavy atom. The molecule has 0 saturated carbocycles. The summed E-state index contributed by atoms with van der Waals surface area (Å²) in [7, 11) is 1.56. The molecule has 0 aromatic heterocycles. The molecule has 0 atom stereocenters. The highest BCUT2D eigenvalue weighted by Gasteiger charge is 2.19. The molecule has 0 fully saturated rings. The van der Waals surface area contributed by atoms with Crippen molar-refractivity contribution in [3.05, 3.63) is 83.4 Å². The van der Waals surface area contributed by atoms with Crippen LogP contribution in [0.2, 0.25) is 0 Å². The Labute approximate surface area is 198 Å². The second kappa shape index (κ2) is 11.0. The number of carboxylic acid groups (broad SMARTS) is 2. The number of ether oxygens (including phenoxy) is 1. The minimum absolute atomic E-state index is 0.128. The number of rotatable bonds is 9. The average Bonchev–Trinajstić information content (AvgIpc) is 2.83. The Morgan fingerprint density at radius 1 is 0.824 bits per heavy atom. The van der Waals surface area contributed by atoms with E-state index in [9.17, 15) is 24.3 Å². The van der Waals surface area contributed by atoms with E-state index in [1.807, 2.05) is 0 Å². The number of hydrogen-bond donors (Lipinski definition) is 4. The molecule has 3 aromatic rings. The van der Waals surface area contributed by atoms with Crippen LogP contribution < -0.4 is 15.4 Å². The molecule has 0 bridgehead atoms. The van der Waals surface area contributed by atoms with Crippen molar-refractivity contribution < 1.29 is 34.1 Å². The third-order valence-electron chi connectivity index (χ3n) is 4.58. The molecule has 4 N–H and O–H groups in total. The Hall–Kier alpha value is -4.31. The second-order valence-electron chi connectivity index (χ2n) is 6.92. The fourth-order valence-electron chi connectivity index (χ4n) is 2.93. The van der Waals surface area contributed by atoms with Gasteiger partial charge in [0.1, 0.15) is 5.75 Å². The first-order chi connectivity index (χ1) is 16.3. The quantitative estimate of drug-likeness (QED) is 0.336. The molecule has 0 aliphatic heterocycles. The normalized spacial score (nSPS) is 10.3. The van der Waals surface area contributed by atoms with E-state index in [-0.39, 0.29) is 22.8 Å². The summed E-state index contributed by atoms with van der Waals surface area (Å²) in [5.74, 6) is -2.82. The van der Waals surface area contributed by atoms with E-state index < -0.39 is 23.4 Å². The van der Waals surface area contributed by atoms with Gasteiger partial charge in [-0.25, -0.2) is 9.59 Å². The molecule has 0 aliphatic rings. The van der Waals surface area contributed by atoms with Gasteiger partial charge in [-0.15, -0.1) is 11.8 Å². The van der Waals surface area contributed by atoms with Crippen LogP contribution in [0.15, 0.2) is 71.6 Å². The lowest BCUT2D eigenvalue weighted by molar-refractivity contribution is -0.113. The number of anilines is 2. The van der Waals surface area contributed by atoms with Crippen molar-refractivity contribution in [2.45, 2.75) is 4.90 Å². The molecule has 3 aromatic carbocycles. The highest BCUT2D eigenvalue weighted by molar-refractivity contribution is 8.00. The molecule has 0 aliphatic carbocycles. The molecule has 0 heterocycles. The van der Waals surface area contributed by atoms with Crippen molar-refractivity contribution >= 4 is 46.9 Å². The van der Waals surface area contributed by atoms with Crippen molar-refractivity contribution in [2.75, 3.05) is 23.5 Å². The van der Waals surface area contributed by atoms with Crippen molar-refractivity contribution in [3.63, 3.8) is 0 Å². The van der Waals surface area contributed by atoms with E-state index in [2.05, 4.69) is 10.6 Å². The van der Waals surface area contributed by atoms with Crippen LogP contribution in [-0.4, -0.2) is 46.8 Å². The van der Waals surface area contributed by atoms with Crippen molar-refractivity contribution in [1.29, 1.82) is 0 Å². The van der Waals surface area contributed by atoms with E-state index in [0.29, 0.717) is 22.0 Å². The lowest BCUT2D eigenvalue weighted by atomic mass is 10.0. The van der Waals surface area contributed by atoms with Crippen molar-refractivity contribution in [2.24, 2.45) is 0 Å². The maximum Gasteiger partial charge on any atom is 0.336 e. The number of benzene rings is 3. The van der Waals surface area contributed by atoms with Gasteiger partial charge in [-0.05, 0) is 60.7 Å². The van der Waals surface area contributed by atoms with Gasteiger partial charge >= 0.3 is 11.9 Å². The zero-order valence-electron chi connectivity index (χ0n) is 17.9. The fraction of sp³-hybridized carbons (Fsp3) is 0.0833. The molecular weight excluding hydrogens is 460 g/mol. The van der Waals surface area contributed by atoms with Crippen LogP contribution in [0, 0.1) is 0 Å². The topological polar surface area (TPSA) is 142 Å². The number of amides is 2. The van der Waals surface area contributed by atoms with Gasteiger partial charge in [0.2, 0.25) is 5.91 Å². The SMILES string of the molecule is COc1ccc(NC(=O)CSc2cccc(NC(=O)c3ccc(C(=O)O)cc3C(=O)O)c2)cc1. The van der Waals surface area contributed by atoms with E-state index in [1.54, 1.807) is 55.6 Å². The number of carboxylic acids is 2. The van der Waals surface area contributed by atoms with Gasteiger partial charge in [0.05, 0.1) is 29.6 Å². The number of carbonyl (C=O) groups is 4. The molecule has 10 heteroatoms. The Balaban J connectivity index is 1.64. The fourth-order valence-corrected chi connectivity index (χ4v) is 3.69. The highest BCUT2D eigenvalue weighted by Crippen LogP contribution is 2.23. The van der Waals surface area contributed by atoms with E-state index in [4.69, 9.17) is 9.84 Å². The molecule has 2 amide bonds. The molecule has 3 rings (SSSR count). The van der Waals surface area contributed by atoms with Crippen LogP contribution in [0.3, 0.4) is 0 Å². The number of thioether (sulfide) groups is 1. The maximum absolute atomic E-state index is 12.6. The number of nitrogens with one attached hydrogen (secondary N) is 2. The molecule has 9 nitrogen and oxygen atoms in total. The zero-order chi connectivity index (χ0) is 24.7. The van der Waals surface area contributed by atoms with Gasteiger partial charge < -0.3 is 25.6 Å². The minimum atomic E-state index is -1.42. The van der Waals surface area contributed by atoms with Crippen molar-refractivity contribution in [3.8, 4) is 5.75 Å². The van der Waals surface area contributed by atoms with Gasteiger partial charge in [-0.1, -0.05) is 6.07 Å². The number of carbonyl (C=O) groups excluding carboxylic acids is 2. The van der Waals surface area contributed by atoms with E-state index in [0.717, 1.165) is 18.2 Å². The summed E-state index contributed by atoms with van der Waals surface area (Å²) in [4.78, 5) is 48.2. The van der Waals surface area contributed by atoms with Crippen LogP contribution in [0.4, 0.5) is 11.4 Å². The van der Waals surface area contributed by atoms with Gasteiger partial charge in [0.15, 0.2) is 0 Å². The first-order valence-corrected chi connectivity index (χ1v) is 10.8. The van der Waals surface area contributed by atoms with Gasteiger partial charge in [-0.2, -0.15) is 0 Å². The zero-order valence-corrected chi connectivity index (χ0v) is 18.7. The molecule has 34 heavy (non-hydrogen) atoms. The number of aromatic carboxylic acids is 2. The lowest BCUT2D eigenvalue weighted by Crippen LogP contribution is -2.17. The minimum Gasteiger partial charge on any atom is -0.497 e. The van der Waals surface area contributed by atoms with Gasteiger partial charge in [0.25, 0.3) is 5.91 Å². The van der Waals surface area contributed by atoms with Crippen LogP contribution in [0.5, 0.6) is 5.75 Å².